The molecule has 0 radical (unpaired) electrons. The SMILES string of the molecule is C=C(C)C(=O)O.C=C(C)C(=O)OCCOCCCCCCCCCCCCCCCCCC.C=CC(=O)OCC. The minimum atomic E-state index is -0.935. The van der Waals surface area contributed by atoms with Crippen LogP contribution >= 0.6 is 0 Å². The largest absolute Gasteiger partial charge is 0.478 e. The Labute approximate surface area is 245 Å². The van der Waals surface area contributed by atoms with Crippen LogP contribution < -0.4 is 0 Å². The van der Waals surface area contributed by atoms with Gasteiger partial charge in [0, 0.05) is 23.8 Å². The molecule has 0 rings (SSSR count). The number of rotatable bonds is 24. The van der Waals surface area contributed by atoms with Crippen molar-refractivity contribution >= 4 is 17.9 Å². The van der Waals surface area contributed by atoms with E-state index in [-0.39, 0.29) is 17.5 Å². The van der Waals surface area contributed by atoms with Gasteiger partial charge in [0.15, 0.2) is 0 Å². The predicted molar refractivity (Wildman–Crippen MR) is 165 cm³/mol. The van der Waals surface area contributed by atoms with Crippen LogP contribution in [0.1, 0.15) is 130 Å². The van der Waals surface area contributed by atoms with Crippen molar-refractivity contribution in [1.29, 1.82) is 0 Å². The quantitative estimate of drug-likeness (QED) is 0.0705. The third-order valence-corrected chi connectivity index (χ3v) is 5.77. The van der Waals surface area contributed by atoms with Gasteiger partial charge in [-0.05, 0) is 27.2 Å². The summed E-state index contributed by atoms with van der Waals surface area (Å²) in [6.07, 6.45) is 23.2. The highest BCUT2D eigenvalue weighted by Gasteiger charge is 2.01. The second-order valence-electron chi connectivity index (χ2n) is 9.87. The topological polar surface area (TPSA) is 99.1 Å². The zero-order chi connectivity index (χ0) is 30.9. The first-order chi connectivity index (χ1) is 19.1. The van der Waals surface area contributed by atoms with Crippen LogP contribution in [0.2, 0.25) is 0 Å². The van der Waals surface area contributed by atoms with Crippen LogP contribution in [-0.4, -0.2) is 49.4 Å². The lowest BCUT2D eigenvalue weighted by Gasteiger charge is -2.06. The van der Waals surface area contributed by atoms with Crippen molar-refractivity contribution < 1.29 is 33.7 Å². The molecule has 0 fully saturated rings. The molecule has 0 bridgehead atoms. The molecular weight excluding hydrogens is 508 g/mol. The van der Waals surface area contributed by atoms with Gasteiger partial charge in [-0.2, -0.15) is 0 Å². The minimum absolute atomic E-state index is 0.176. The van der Waals surface area contributed by atoms with Crippen LogP contribution in [0, 0.1) is 0 Å². The number of esters is 2. The summed E-state index contributed by atoms with van der Waals surface area (Å²) in [6, 6.07) is 0. The van der Waals surface area contributed by atoms with E-state index in [0.29, 0.717) is 25.4 Å². The first kappa shape index (κ1) is 42.1. The van der Waals surface area contributed by atoms with Crippen molar-refractivity contribution in [2.45, 2.75) is 130 Å². The summed E-state index contributed by atoms with van der Waals surface area (Å²) >= 11 is 0. The number of hydrogen-bond acceptors (Lipinski definition) is 6. The maximum Gasteiger partial charge on any atom is 0.333 e. The molecule has 0 unspecified atom stereocenters. The number of aliphatic carboxylic acids is 1. The fourth-order valence-electron chi connectivity index (χ4n) is 3.37. The number of carboxylic acid groups (broad SMARTS) is 1. The molecular formula is C33H60O7. The van der Waals surface area contributed by atoms with Crippen molar-refractivity contribution in [1.82, 2.24) is 0 Å². The Kier molecular flexibility index (Phi) is 36.4. The Hall–Kier alpha value is -2.41. The first-order valence-corrected chi connectivity index (χ1v) is 15.2. The van der Waals surface area contributed by atoms with Crippen molar-refractivity contribution in [3.63, 3.8) is 0 Å². The van der Waals surface area contributed by atoms with E-state index in [0.717, 1.165) is 19.1 Å². The third-order valence-electron chi connectivity index (χ3n) is 5.77. The number of carbonyl (C=O) groups is 3. The molecule has 7 nitrogen and oxygen atoms in total. The van der Waals surface area contributed by atoms with Crippen LogP contribution in [0.3, 0.4) is 0 Å². The number of unbranched alkanes of at least 4 members (excludes halogenated alkanes) is 15. The molecule has 234 valence electrons. The Bertz CT molecular complexity index is 643. The second-order valence-corrected chi connectivity index (χ2v) is 9.87. The molecule has 0 saturated heterocycles. The van der Waals surface area contributed by atoms with E-state index in [1.807, 2.05) is 0 Å². The van der Waals surface area contributed by atoms with Crippen molar-refractivity contribution in [3.8, 4) is 0 Å². The summed E-state index contributed by atoms with van der Waals surface area (Å²) in [5.74, 6) is -1.63. The molecule has 0 aromatic rings. The molecule has 7 heteroatoms. The molecule has 0 aliphatic carbocycles. The number of ether oxygens (including phenoxy) is 3. The van der Waals surface area contributed by atoms with Gasteiger partial charge in [-0.3, -0.25) is 0 Å². The van der Waals surface area contributed by atoms with E-state index >= 15 is 0 Å². The van der Waals surface area contributed by atoms with E-state index in [9.17, 15) is 14.4 Å². The molecule has 0 saturated carbocycles. The van der Waals surface area contributed by atoms with Gasteiger partial charge in [0.25, 0.3) is 0 Å². The van der Waals surface area contributed by atoms with Gasteiger partial charge in [-0.15, -0.1) is 0 Å². The molecule has 0 aromatic carbocycles. The molecule has 0 aliphatic rings. The zero-order valence-corrected chi connectivity index (χ0v) is 26.2. The lowest BCUT2D eigenvalue weighted by Crippen LogP contribution is -2.11. The normalized spacial score (nSPS) is 9.80. The zero-order valence-electron chi connectivity index (χ0n) is 26.2. The Morgan fingerprint density at radius 1 is 0.625 bits per heavy atom. The third kappa shape index (κ3) is 40.1. The van der Waals surface area contributed by atoms with Crippen LogP contribution in [0.4, 0.5) is 0 Å². The lowest BCUT2D eigenvalue weighted by atomic mass is 10.0. The highest BCUT2D eigenvalue weighted by molar-refractivity contribution is 5.86. The summed E-state index contributed by atoms with van der Waals surface area (Å²) in [4.78, 5) is 30.8. The monoisotopic (exact) mass is 568 g/mol. The summed E-state index contributed by atoms with van der Waals surface area (Å²) in [7, 11) is 0. The predicted octanol–water partition coefficient (Wildman–Crippen LogP) is 8.77. The minimum Gasteiger partial charge on any atom is -0.478 e. The molecule has 1 N–H and O–H groups in total. The van der Waals surface area contributed by atoms with Gasteiger partial charge < -0.3 is 19.3 Å². The fourth-order valence-corrected chi connectivity index (χ4v) is 3.37. The van der Waals surface area contributed by atoms with Gasteiger partial charge in [0.05, 0.1) is 13.2 Å². The highest BCUT2D eigenvalue weighted by atomic mass is 16.6. The van der Waals surface area contributed by atoms with Crippen LogP contribution in [0.15, 0.2) is 37.0 Å². The van der Waals surface area contributed by atoms with Crippen molar-refractivity contribution in [2.24, 2.45) is 0 Å². The molecule has 40 heavy (non-hydrogen) atoms. The molecule has 0 spiro atoms. The van der Waals surface area contributed by atoms with E-state index in [1.54, 1.807) is 13.8 Å². The number of hydrogen-bond donors (Lipinski definition) is 1. The smallest absolute Gasteiger partial charge is 0.333 e. The maximum absolute atomic E-state index is 11.2. The van der Waals surface area contributed by atoms with Gasteiger partial charge in [0.1, 0.15) is 6.61 Å². The van der Waals surface area contributed by atoms with E-state index in [1.165, 1.54) is 103 Å². The van der Waals surface area contributed by atoms with Crippen molar-refractivity contribution in [3.05, 3.63) is 37.0 Å². The maximum atomic E-state index is 11.2. The summed E-state index contributed by atoms with van der Waals surface area (Å²) in [5, 5.41) is 7.89. The molecule has 0 amide bonds. The van der Waals surface area contributed by atoms with Crippen molar-refractivity contribution in [2.75, 3.05) is 26.4 Å². The van der Waals surface area contributed by atoms with Crippen LogP contribution in [-0.2, 0) is 28.6 Å². The molecule has 0 atom stereocenters. The number of carboxylic acids is 1. The summed E-state index contributed by atoms with van der Waals surface area (Å²) < 4.78 is 14.9. The standard InChI is InChI=1S/C24H46O3.C5H8O2.C4H6O2/c1-4-5-6-7-8-9-10-11-12-13-14-15-16-17-18-19-20-26-21-22-27-24(25)23(2)3;1-3-5(6)7-4-2;1-3(2)4(5)6/h2,4-22H2,1,3H3;3H,1,4H2,2H3;1H2,2H3,(H,5,6). The van der Waals surface area contributed by atoms with Gasteiger partial charge in [-0.25, -0.2) is 14.4 Å². The summed E-state index contributed by atoms with van der Waals surface area (Å²) in [5.41, 5.74) is 0.614. The average molecular weight is 569 g/mol. The van der Waals surface area contributed by atoms with Crippen LogP contribution in [0.5, 0.6) is 0 Å². The van der Waals surface area contributed by atoms with Gasteiger partial charge in [-0.1, -0.05) is 123 Å². The Morgan fingerprint density at radius 2 is 1.02 bits per heavy atom. The molecule has 0 aliphatic heterocycles. The van der Waals surface area contributed by atoms with E-state index in [4.69, 9.17) is 14.6 Å². The molecule has 0 aromatic heterocycles. The van der Waals surface area contributed by atoms with Gasteiger partial charge >= 0.3 is 17.9 Å². The van der Waals surface area contributed by atoms with Crippen LogP contribution in [0.25, 0.3) is 0 Å². The first-order valence-electron chi connectivity index (χ1n) is 15.2. The molecule has 0 heterocycles. The Balaban J connectivity index is -0.000000862. The average Bonchev–Trinajstić information content (AvgIpc) is 2.92. The summed E-state index contributed by atoms with van der Waals surface area (Å²) in [6.45, 7) is 19.0. The van der Waals surface area contributed by atoms with E-state index < -0.39 is 5.97 Å². The Morgan fingerprint density at radius 3 is 1.32 bits per heavy atom. The number of carbonyl (C=O) groups excluding carboxylic acids is 2. The fraction of sp³-hybridized carbons (Fsp3) is 0.727. The van der Waals surface area contributed by atoms with E-state index in [2.05, 4.69) is 31.4 Å². The second kappa shape index (κ2) is 34.6. The highest BCUT2D eigenvalue weighted by Crippen LogP contribution is 2.13. The van der Waals surface area contributed by atoms with Gasteiger partial charge in [0.2, 0.25) is 0 Å². The lowest BCUT2D eigenvalue weighted by molar-refractivity contribution is -0.140.